The molecule has 0 saturated heterocycles. The first kappa shape index (κ1) is 21.4. The Balaban J connectivity index is 1.47. The molecule has 1 amide bonds. The fraction of sp³-hybridized carbons (Fsp3) is 0.200. The van der Waals surface area contributed by atoms with Gasteiger partial charge in [-0.05, 0) is 35.9 Å². The van der Waals surface area contributed by atoms with E-state index in [1.54, 1.807) is 47.4 Å². The number of carboxylic acids is 1. The van der Waals surface area contributed by atoms with Crippen LogP contribution in [0.15, 0.2) is 72.8 Å². The summed E-state index contributed by atoms with van der Waals surface area (Å²) in [5.74, 6) is -0.428. The zero-order valence-corrected chi connectivity index (χ0v) is 17.2. The number of hydrogen-bond acceptors (Lipinski definition) is 4. The molecular formula is C25H22FNO5. The predicted octanol–water partition coefficient (Wildman–Crippen LogP) is 4.22. The Hall–Kier alpha value is -3.87. The lowest BCUT2D eigenvalue weighted by Gasteiger charge is -2.34. The third-order valence-corrected chi connectivity index (χ3v) is 5.17. The highest BCUT2D eigenvalue weighted by Gasteiger charge is 2.34. The van der Waals surface area contributed by atoms with Crippen molar-refractivity contribution in [3.63, 3.8) is 0 Å². The van der Waals surface area contributed by atoms with E-state index in [9.17, 15) is 14.0 Å². The topological polar surface area (TPSA) is 76.1 Å². The largest absolute Gasteiger partial charge is 0.493 e. The van der Waals surface area contributed by atoms with E-state index in [0.29, 0.717) is 22.7 Å². The fourth-order valence-electron chi connectivity index (χ4n) is 3.62. The van der Waals surface area contributed by atoms with Gasteiger partial charge in [-0.1, -0.05) is 42.5 Å². The molecule has 1 N–H and O–H groups in total. The molecule has 6 nitrogen and oxygen atoms in total. The minimum Gasteiger partial charge on any atom is -0.493 e. The summed E-state index contributed by atoms with van der Waals surface area (Å²) in [6.07, 6.45) is -0.612. The number of anilines is 1. The van der Waals surface area contributed by atoms with Crippen LogP contribution in [0.2, 0.25) is 0 Å². The summed E-state index contributed by atoms with van der Waals surface area (Å²) in [6, 6.07) is 20.2. The van der Waals surface area contributed by atoms with Crippen molar-refractivity contribution in [1.82, 2.24) is 0 Å². The quantitative estimate of drug-likeness (QED) is 0.574. The molecule has 0 saturated carbocycles. The highest BCUT2D eigenvalue weighted by molar-refractivity contribution is 5.99. The number of benzene rings is 3. The van der Waals surface area contributed by atoms with Crippen LogP contribution in [0, 0.1) is 5.82 Å². The van der Waals surface area contributed by atoms with Crippen molar-refractivity contribution in [2.45, 2.75) is 25.5 Å². The fourth-order valence-corrected chi connectivity index (χ4v) is 3.62. The molecule has 1 heterocycles. The molecule has 1 aliphatic rings. The van der Waals surface area contributed by atoms with Crippen LogP contribution in [-0.4, -0.2) is 29.7 Å². The SMILES string of the molecule is O=C(O)Cc1ccccc1OCCC1Oc2ccccc2N(Cc2ccc(F)cc2)C1=O. The van der Waals surface area contributed by atoms with Crippen LogP contribution in [0.5, 0.6) is 11.5 Å². The Morgan fingerprint density at radius 1 is 1.03 bits per heavy atom. The minimum atomic E-state index is -0.945. The molecule has 164 valence electrons. The molecule has 1 atom stereocenters. The van der Waals surface area contributed by atoms with Crippen LogP contribution in [0.25, 0.3) is 0 Å². The molecule has 0 bridgehead atoms. The van der Waals surface area contributed by atoms with E-state index in [0.717, 1.165) is 5.56 Å². The molecule has 3 aromatic carbocycles. The summed E-state index contributed by atoms with van der Waals surface area (Å²) in [7, 11) is 0. The summed E-state index contributed by atoms with van der Waals surface area (Å²) in [5.41, 5.74) is 2.03. The Kier molecular flexibility index (Phi) is 6.35. The van der Waals surface area contributed by atoms with Gasteiger partial charge in [0.15, 0.2) is 6.10 Å². The van der Waals surface area contributed by atoms with Gasteiger partial charge in [-0.2, -0.15) is 0 Å². The molecule has 3 aromatic rings. The Morgan fingerprint density at radius 2 is 1.75 bits per heavy atom. The number of carbonyl (C=O) groups excluding carboxylic acids is 1. The summed E-state index contributed by atoms with van der Waals surface area (Å²) in [4.78, 5) is 25.9. The van der Waals surface area contributed by atoms with Crippen LogP contribution in [0.1, 0.15) is 17.5 Å². The van der Waals surface area contributed by atoms with E-state index in [4.69, 9.17) is 14.6 Å². The Morgan fingerprint density at radius 3 is 2.53 bits per heavy atom. The lowest BCUT2D eigenvalue weighted by Crippen LogP contribution is -2.46. The van der Waals surface area contributed by atoms with Gasteiger partial charge in [-0.15, -0.1) is 0 Å². The molecule has 0 aromatic heterocycles. The number of fused-ring (bicyclic) bond motifs is 1. The second-order valence-corrected chi connectivity index (χ2v) is 7.44. The van der Waals surface area contributed by atoms with E-state index in [-0.39, 0.29) is 37.7 Å². The van der Waals surface area contributed by atoms with Crippen molar-refractivity contribution < 1.29 is 28.6 Å². The first-order valence-electron chi connectivity index (χ1n) is 10.3. The maximum Gasteiger partial charge on any atom is 0.307 e. The maximum absolute atomic E-state index is 13.3. The first-order valence-corrected chi connectivity index (χ1v) is 10.3. The second kappa shape index (κ2) is 9.51. The number of rotatable bonds is 8. The zero-order chi connectivity index (χ0) is 22.5. The van der Waals surface area contributed by atoms with Crippen molar-refractivity contribution in [3.8, 4) is 11.5 Å². The monoisotopic (exact) mass is 435 g/mol. The average molecular weight is 435 g/mol. The summed E-state index contributed by atoms with van der Waals surface area (Å²) in [5, 5.41) is 9.07. The third kappa shape index (κ3) is 4.88. The Labute approximate surface area is 184 Å². The molecule has 1 aliphatic heterocycles. The van der Waals surface area contributed by atoms with Gasteiger partial charge in [-0.3, -0.25) is 9.59 Å². The van der Waals surface area contributed by atoms with Crippen molar-refractivity contribution >= 4 is 17.6 Å². The number of para-hydroxylation sites is 3. The zero-order valence-electron chi connectivity index (χ0n) is 17.2. The lowest BCUT2D eigenvalue weighted by atomic mass is 10.1. The standard InChI is InChI=1S/C25H22FNO5/c26-19-11-9-17(10-12-19)16-27-20-6-2-4-8-22(20)32-23(25(27)30)13-14-31-21-7-3-1-5-18(21)15-24(28)29/h1-12,23H,13-16H2,(H,28,29). The molecule has 32 heavy (non-hydrogen) atoms. The maximum atomic E-state index is 13.3. The van der Waals surface area contributed by atoms with Gasteiger partial charge in [0.2, 0.25) is 0 Å². The number of hydrogen-bond donors (Lipinski definition) is 1. The number of aliphatic carboxylic acids is 1. The van der Waals surface area contributed by atoms with E-state index in [1.807, 2.05) is 18.2 Å². The van der Waals surface area contributed by atoms with Gasteiger partial charge >= 0.3 is 5.97 Å². The van der Waals surface area contributed by atoms with Crippen LogP contribution in [0.3, 0.4) is 0 Å². The highest BCUT2D eigenvalue weighted by Crippen LogP contribution is 2.35. The molecule has 0 aliphatic carbocycles. The molecule has 0 spiro atoms. The van der Waals surface area contributed by atoms with E-state index in [2.05, 4.69) is 0 Å². The minimum absolute atomic E-state index is 0.145. The normalized spacial score (nSPS) is 15.1. The van der Waals surface area contributed by atoms with Gasteiger partial charge in [0, 0.05) is 12.0 Å². The van der Waals surface area contributed by atoms with Gasteiger partial charge < -0.3 is 19.5 Å². The first-order chi connectivity index (χ1) is 15.5. The molecule has 7 heteroatoms. The smallest absolute Gasteiger partial charge is 0.307 e. The molecule has 4 rings (SSSR count). The average Bonchev–Trinajstić information content (AvgIpc) is 2.78. The van der Waals surface area contributed by atoms with Gasteiger partial charge in [-0.25, -0.2) is 4.39 Å². The van der Waals surface area contributed by atoms with Crippen molar-refractivity contribution in [2.24, 2.45) is 0 Å². The molecule has 0 fully saturated rings. The molecule has 1 unspecified atom stereocenters. The van der Waals surface area contributed by atoms with Gasteiger partial charge in [0.25, 0.3) is 5.91 Å². The number of amides is 1. The summed E-state index contributed by atoms with van der Waals surface area (Å²) in [6.45, 7) is 0.470. The van der Waals surface area contributed by atoms with Crippen LogP contribution in [-0.2, 0) is 22.6 Å². The predicted molar refractivity (Wildman–Crippen MR) is 116 cm³/mol. The second-order valence-electron chi connectivity index (χ2n) is 7.44. The highest BCUT2D eigenvalue weighted by atomic mass is 19.1. The van der Waals surface area contributed by atoms with Gasteiger partial charge in [0.05, 0.1) is 25.3 Å². The number of halogens is 1. The molecular weight excluding hydrogens is 413 g/mol. The summed E-state index contributed by atoms with van der Waals surface area (Å²) < 4.78 is 25.0. The van der Waals surface area contributed by atoms with Crippen molar-refractivity contribution in [1.29, 1.82) is 0 Å². The third-order valence-electron chi connectivity index (χ3n) is 5.17. The number of carbonyl (C=O) groups is 2. The van der Waals surface area contributed by atoms with Crippen LogP contribution >= 0.6 is 0 Å². The van der Waals surface area contributed by atoms with E-state index >= 15 is 0 Å². The van der Waals surface area contributed by atoms with Gasteiger partial charge in [0.1, 0.15) is 17.3 Å². The van der Waals surface area contributed by atoms with Crippen molar-refractivity contribution in [2.75, 3.05) is 11.5 Å². The van der Waals surface area contributed by atoms with Crippen LogP contribution in [0.4, 0.5) is 10.1 Å². The number of nitrogens with zero attached hydrogens (tertiary/aromatic N) is 1. The Bertz CT molecular complexity index is 1120. The molecule has 0 radical (unpaired) electrons. The van der Waals surface area contributed by atoms with Crippen molar-refractivity contribution in [3.05, 3.63) is 89.7 Å². The van der Waals surface area contributed by atoms with E-state index < -0.39 is 12.1 Å². The number of carboxylic acid groups (broad SMARTS) is 1. The summed E-state index contributed by atoms with van der Waals surface area (Å²) >= 11 is 0. The van der Waals surface area contributed by atoms with Crippen LogP contribution < -0.4 is 14.4 Å². The lowest BCUT2D eigenvalue weighted by molar-refractivity contribution is -0.136. The van der Waals surface area contributed by atoms with E-state index in [1.165, 1.54) is 12.1 Å². The number of ether oxygens (including phenoxy) is 2.